The van der Waals surface area contributed by atoms with Gasteiger partial charge in [0.1, 0.15) is 6.04 Å². The SMILES string of the molecule is Cc1ccc2sc(SC3CCN(C(=O)[C@@H](NC(=O)c4nc5ccccc5[nH]c4=O)C(C)C)CC3)nc2c1. The molecule has 2 aromatic heterocycles. The van der Waals surface area contributed by atoms with Crippen LogP contribution in [0.4, 0.5) is 0 Å². The zero-order chi connectivity index (χ0) is 26.1. The number of aromatic nitrogens is 3. The quantitative estimate of drug-likeness (QED) is 0.379. The van der Waals surface area contributed by atoms with Crippen LogP contribution in [0.15, 0.2) is 51.6 Å². The predicted octanol–water partition coefficient (Wildman–Crippen LogP) is 4.38. The lowest BCUT2D eigenvalue weighted by Crippen LogP contribution is -2.53. The van der Waals surface area contributed by atoms with Gasteiger partial charge in [-0.15, -0.1) is 11.3 Å². The molecule has 0 radical (unpaired) electrons. The molecule has 1 aliphatic heterocycles. The van der Waals surface area contributed by atoms with Crippen LogP contribution in [-0.4, -0.2) is 56.0 Å². The van der Waals surface area contributed by atoms with Gasteiger partial charge in [0.05, 0.1) is 21.3 Å². The van der Waals surface area contributed by atoms with Crippen molar-refractivity contribution in [3.05, 3.63) is 64.1 Å². The van der Waals surface area contributed by atoms with E-state index in [1.165, 1.54) is 10.3 Å². The molecule has 1 fully saturated rings. The molecule has 0 spiro atoms. The van der Waals surface area contributed by atoms with Crippen LogP contribution >= 0.6 is 23.1 Å². The Labute approximate surface area is 222 Å². The van der Waals surface area contributed by atoms with E-state index >= 15 is 0 Å². The van der Waals surface area contributed by atoms with Crippen LogP contribution in [0.25, 0.3) is 21.3 Å². The second-order valence-electron chi connectivity index (χ2n) is 9.72. The van der Waals surface area contributed by atoms with Crippen LogP contribution in [0.3, 0.4) is 0 Å². The number of rotatable bonds is 6. The molecule has 192 valence electrons. The molecule has 3 heterocycles. The minimum Gasteiger partial charge on any atom is -0.341 e. The van der Waals surface area contributed by atoms with E-state index in [9.17, 15) is 14.4 Å². The molecular weight excluding hydrogens is 506 g/mol. The number of H-pyrrole nitrogens is 1. The Hall–Kier alpha value is -3.24. The Bertz CT molecular complexity index is 1520. The van der Waals surface area contributed by atoms with Crippen molar-refractivity contribution in [2.75, 3.05) is 13.1 Å². The van der Waals surface area contributed by atoms with Gasteiger partial charge in [-0.25, -0.2) is 9.97 Å². The number of thioether (sulfide) groups is 1. The van der Waals surface area contributed by atoms with Gasteiger partial charge < -0.3 is 15.2 Å². The van der Waals surface area contributed by atoms with Gasteiger partial charge in [0.15, 0.2) is 10.0 Å². The molecule has 2 amide bonds. The Balaban J connectivity index is 1.22. The Kier molecular flexibility index (Phi) is 7.30. The van der Waals surface area contributed by atoms with Crippen LogP contribution < -0.4 is 10.9 Å². The maximum atomic E-state index is 13.4. The van der Waals surface area contributed by atoms with Gasteiger partial charge in [-0.2, -0.15) is 0 Å². The highest BCUT2D eigenvalue weighted by Crippen LogP contribution is 2.36. The fraction of sp³-hybridized carbons (Fsp3) is 0.370. The number of hydrogen-bond acceptors (Lipinski definition) is 7. The molecule has 0 unspecified atom stereocenters. The van der Waals surface area contributed by atoms with Crippen molar-refractivity contribution in [1.29, 1.82) is 0 Å². The molecule has 10 heteroatoms. The zero-order valence-corrected chi connectivity index (χ0v) is 22.6. The van der Waals surface area contributed by atoms with E-state index in [0.29, 0.717) is 29.4 Å². The second-order valence-corrected chi connectivity index (χ2v) is 12.3. The fourth-order valence-corrected chi connectivity index (χ4v) is 6.94. The minimum atomic E-state index is -0.739. The van der Waals surface area contributed by atoms with Gasteiger partial charge in [-0.1, -0.05) is 43.8 Å². The summed E-state index contributed by atoms with van der Waals surface area (Å²) < 4.78 is 2.25. The van der Waals surface area contributed by atoms with E-state index in [4.69, 9.17) is 4.98 Å². The van der Waals surface area contributed by atoms with Gasteiger partial charge in [0.2, 0.25) is 5.91 Å². The molecule has 1 saturated heterocycles. The number of aromatic amines is 1. The summed E-state index contributed by atoms with van der Waals surface area (Å²) in [6.45, 7) is 7.08. The van der Waals surface area contributed by atoms with Crippen LogP contribution in [0.2, 0.25) is 0 Å². The van der Waals surface area contributed by atoms with Gasteiger partial charge in [-0.3, -0.25) is 14.4 Å². The summed E-state index contributed by atoms with van der Waals surface area (Å²) in [6.07, 6.45) is 1.71. The smallest absolute Gasteiger partial charge is 0.280 e. The fourth-order valence-electron chi connectivity index (χ4n) is 4.51. The molecule has 0 aliphatic carbocycles. The summed E-state index contributed by atoms with van der Waals surface area (Å²) in [5.74, 6) is -0.913. The maximum Gasteiger partial charge on any atom is 0.280 e. The zero-order valence-electron chi connectivity index (χ0n) is 21.0. The van der Waals surface area contributed by atoms with Gasteiger partial charge >= 0.3 is 0 Å². The first-order valence-electron chi connectivity index (χ1n) is 12.4. The molecule has 8 nitrogen and oxygen atoms in total. The molecule has 4 aromatic rings. The molecule has 1 aliphatic rings. The van der Waals surface area contributed by atoms with Crippen molar-refractivity contribution in [3.63, 3.8) is 0 Å². The number of fused-ring (bicyclic) bond motifs is 2. The molecule has 5 rings (SSSR count). The van der Waals surface area contributed by atoms with E-state index < -0.39 is 17.5 Å². The molecule has 0 bridgehead atoms. The van der Waals surface area contributed by atoms with Gasteiger partial charge in [-0.05, 0) is 55.5 Å². The van der Waals surface area contributed by atoms with E-state index in [0.717, 1.165) is 22.7 Å². The molecular formula is C27H29N5O3S2. The summed E-state index contributed by atoms with van der Waals surface area (Å²) in [5, 5.41) is 3.17. The first-order chi connectivity index (χ1) is 17.8. The number of benzene rings is 2. The number of piperidine rings is 1. The first-order valence-corrected chi connectivity index (χ1v) is 14.1. The Morgan fingerprint density at radius 3 is 2.62 bits per heavy atom. The van der Waals surface area contributed by atoms with Crippen LogP contribution in [0.5, 0.6) is 0 Å². The van der Waals surface area contributed by atoms with Crippen molar-refractivity contribution in [3.8, 4) is 0 Å². The number of hydrogen-bond donors (Lipinski definition) is 2. The molecule has 2 aromatic carbocycles. The molecule has 37 heavy (non-hydrogen) atoms. The number of thiazole rings is 1. The predicted molar refractivity (Wildman–Crippen MR) is 148 cm³/mol. The van der Waals surface area contributed by atoms with E-state index in [2.05, 4.69) is 40.4 Å². The summed E-state index contributed by atoms with van der Waals surface area (Å²) in [4.78, 5) is 52.4. The average Bonchev–Trinajstić information content (AvgIpc) is 3.27. The van der Waals surface area contributed by atoms with E-state index in [1.807, 2.05) is 18.7 Å². The standard InChI is InChI=1S/C27H29N5O3S2/c1-15(2)22(31-25(34)23-24(33)29-19-7-5-4-6-18(19)28-23)26(35)32-12-10-17(11-13-32)36-27-30-20-14-16(3)8-9-21(20)37-27/h4-9,14-15,17,22H,10-13H2,1-3H3,(H,29,33)(H,31,34)/t22-/m0/s1. The number of carbonyl (C=O) groups excluding carboxylic acids is 2. The summed E-state index contributed by atoms with van der Waals surface area (Å²) >= 11 is 3.50. The number of aryl methyl sites for hydroxylation is 1. The number of nitrogens with one attached hydrogen (secondary N) is 2. The normalized spacial score (nSPS) is 15.4. The van der Waals surface area contributed by atoms with Crippen LogP contribution in [0, 0.1) is 12.8 Å². The third-order valence-electron chi connectivity index (χ3n) is 6.58. The topological polar surface area (TPSA) is 108 Å². The van der Waals surface area contributed by atoms with Crippen molar-refractivity contribution in [1.82, 2.24) is 25.2 Å². The largest absolute Gasteiger partial charge is 0.341 e. The third kappa shape index (κ3) is 5.55. The number of para-hydroxylation sites is 2. The number of amides is 2. The van der Waals surface area contributed by atoms with Crippen LogP contribution in [-0.2, 0) is 4.79 Å². The Morgan fingerprint density at radius 1 is 1.11 bits per heavy atom. The van der Waals surface area contributed by atoms with Crippen molar-refractivity contribution >= 4 is 56.2 Å². The molecule has 1 atom stereocenters. The summed E-state index contributed by atoms with van der Waals surface area (Å²) in [7, 11) is 0. The van der Waals surface area contributed by atoms with Crippen molar-refractivity contribution < 1.29 is 9.59 Å². The highest BCUT2D eigenvalue weighted by Gasteiger charge is 2.32. The van der Waals surface area contributed by atoms with Gasteiger partial charge in [0.25, 0.3) is 11.5 Å². The van der Waals surface area contributed by atoms with Gasteiger partial charge in [0, 0.05) is 18.3 Å². The summed E-state index contributed by atoms with van der Waals surface area (Å²) in [5.41, 5.74) is 2.50. The van der Waals surface area contributed by atoms with Crippen molar-refractivity contribution in [2.24, 2.45) is 5.92 Å². The average molecular weight is 536 g/mol. The number of likely N-dealkylation sites (tertiary alicyclic amines) is 1. The van der Waals surface area contributed by atoms with Crippen molar-refractivity contribution in [2.45, 2.75) is 49.2 Å². The lowest BCUT2D eigenvalue weighted by Gasteiger charge is -2.35. The lowest BCUT2D eigenvalue weighted by molar-refractivity contribution is -0.135. The highest BCUT2D eigenvalue weighted by molar-refractivity contribution is 8.01. The monoisotopic (exact) mass is 535 g/mol. The van der Waals surface area contributed by atoms with E-state index in [-0.39, 0.29) is 17.5 Å². The van der Waals surface area contributed by atoms with Crippen LogP contribution in [0.1, 0.15) is 42.7 Å². The lowest BCUT2D eigenvalue weighted by atomic mass is 10.0. The third-order valence-corrected chi connectivity index (χ3v) is 9.05. The number of nitrogens with zero attached hydrogens (tertiary/aromatic N) is 3. The maximum absolute atomic E-state index is 13.4. The summed E-state index contributed by atoms with van der Waals surface area (Å²) in [6, 6.07) is 12.6. The highest BCUT2D eigenvalue weighted by atomic mass is 32.2. The molecule has 2 N–H and O–H groups in total. The number of carbonyl (C=O) groups is 2. The Morgan fingerprint density at radius 2 is 1.86 bits per heavy atom. The van der Waals surface area contributed by atoms with E-state index in [1.54, 1.807) is 47.4 Å². The second kappa shape index (κ2) is 10.6. The minimum absolute atomic E-state index is 0.125. The molecule has 0 saturated carbocycles. The first kappa shape index (κ1) is 25.4.